The molecule has 16 heavy (non-hydrogen) atoms. The lowest BCUT2D eigenvalue weighted by Crippen LogP contribution is -2.29. The smallest absolute Gasteiger partial charge is 0.237 e. The number of hydrogen-bond donors (Lipinski definition) is 0. The average molecular weight is 298 g/mol. The van der Waals surface area contributed by atoms with Crippen molar-refractivity contribution in [1.82, 2.24) is 0 Å². The van der Waals surface area contributed by atoms with Crippen LogP contribution < -0.4 is 4.43 Å². The van der Waals surface area contributed by atoms with Gasteiger partial charge in [-0.1, -0.05) is 36.7 Å². The van der Waals surface area contributed by atoms with Crippen LogP contribution in [0.5, 0.6) is 5.75 Å². The van der Waals surface area contributed by atoms with Gasteiger partial charge < -0.3 is 4.43 Å². The molecule has 0 fully saturated rings. The maximum Gasteiger partial charge on any atom is 0.237 e. The number of nitrogens with zero attached hydrogens (tertiary/aromatic N) is 1. The average Bonchev–Trinajstić information content (AvgIpc) is 2.19. The summed E-state index contributed by atoms with van der Waals surface area (Å²) in [6.45, 7) is 8.68. The second-order valence-corrected chi connectivity index (χ2v) is 9.05. The topological polar surface area (TPSA) is 33.0 Å². The Balaban J connectivity index is 2.95. The molecule has 0 spiro atoms. The fourth-order valence-corrected chi connectivity index (χ4v) is 2.36. The highest BCUT2D eigenvalue weighted by Gasteiger charge is 2.25. The number of halogens is 1. The Kier molecular flexibility index (Phi) is 4.17. The normalized spacial score (nSPS) is 13.0. The van der Waals surface area contributed by atoms with Gasteiger partial charge in [-0.15, -0.1) is 0 Å². The Hall–Kier alpha value is -0.793. The molecule has 1 aromatic carbocycles. The van der Waals surface area contributed by atoms with Gasteiger partial charge in [0.1, 0.15) is 11.8 Å². The Morgan fingerprint density at radius 2 is 2.00 bits per heavy atom. The van der Waals surface area contributed by atoms with E-state index in [0.29, 0.717) is 11.3 Å². The predicted molar refractivity (Wildman–Crippen MR) is 72.2 cm³/mol. The monoisotopic (exact) mass is 297 g/mol. The third-order valence-electron chi connectivity index (χ3n) is 2.59. The van der Waals surface area contributed by atoms with E-state index < -0.39 is 9.04 Å². The third-order valence-corrected chi connectivity index (χ3v) is 6.13. The summed E-state index contributed by atoms with van der Waals surface area (Å²) in [6.07, 6.45) is 0. The minimum absolute atomic E-state index is 0.194. The van der Waals surface area contributed by atoms with Crippen molar-refractivity contribution in [3.63, 3.8) is 0 Å². The molecule has 1 rings (SSSR count). The van der Waals surface area contributed by atoms with Gasteiger partial charge in [-0.3, -0.25) is 0 Å². The van der Waals surface area contributed by atoms with Crippen LogP contribution in [0.15, 0.2) is 22.7 Å². The van der Waals surface area contributed by atoms with Crippen LogP contribution in [0, 0.1) is 11.3 Å². The molecule has 0 radical (unpaired) electrons. The molecular weight excluding hydrogens is 282 g/mol. The van der Waals surface area contributed by atoms with Crippen LogP contribution in [0.2, 0.25) is 11.6 Å². The van der Waals surface area contributed by atoms with Crippen molar-refractivity contribution in [2.24, 2.45) is 0 Å². The summed E-state index contributed by atoms with van der Waals surface area (Å²) in [6, 6.07) is 7.71. The van der Waals surface area contributed by atoms with Crippen molar-refractivity contribution < 1.29 is 4.43 Å². The molecule has 0 aliphatic heterocycles. The third kappa shape index (κ3) is 3.36. The summed E-state index contributed by atoms with van der Waals surface area (Å²) in [7, 11) is -1.34. The maximum absolute atomic E-state index is 9.02. The van der Waals surface area contributed by atoms with Crippen molar-refractivity contribution in [3.8, 4) is 11.8 Å². The molecular formula is C12H16BrNOSi. The first kappa shape index (κ1) is 13.3. The first-order chi connectivity index (χ1) is 7.34. The van der Waals surface area contributed by atoms with Gasteiger partial charge in [-0.25, -0.2) is 0 Å². The first-order valence-corrected chi connectivity index (χ1v) is 8.20. The van der Waals surface area contributed by atoms with E-state index in [-0.39, 0.29) is 5.04 Å². The number of benzene rings is 1. The largest absolute Gasteiger partial charge is 0.545 e. The van der Waals surface area contributed by atoms with Crippen molar-refractivity contribution >= 4 is 25.0 Å². The fraction of sp³-hybridized carbons (Fsp3) is 0.417. The lowest BCUT2D eigenvalue weighted by molar-refractivity contribution is 0.519. The summed E-state index contributed by atoms with van der Waals surface area (Å²) in [5.74, 6) is 0.708. The van der Waals surface area contributed by atoms with Gasteiger partial charge in [0.2, 0.25) is 9.04 Å². The lowest BCUT2D eigenvalue weighted by atomic mass is 10.2. The second kappa shape index (κ2) is 5.02. The molecule has 0 aliphatic carbocycles. The Labute approximate surface area is 107 Å². The van der Waals surface area contributed by atoms with E-state index in [1.165, 1.54) is 0 Å². The number of hydrogen-bond acceptors (Lipinski definition) is 2. The SMILES string of the molecule is C[SiH](Oc1ccc(Br)cc1C#N)C(C)(C)C. The number of rotatable bonds is 2. The molecule has 0 saturated carbocycles. The fourth-order valence-electron chi connectivity index (χ4n) is 1.06. The highest BCUT2D eigenvalue weighted by Crippen LogP contribution is 2.30. The zero-order valence-electron chi connectivity index (χ0n) is 10.0. The van der Waals surface area contributed by atoms with Crippen molar-refractivity contribution in [2.75, 3.05) is 0 Å². The maximum atomic E-state index is 9.02. The summed E-state index contributed by atoms with van der Waals surface area (Å²) >= 11 is 3.35. The molecule has 0 N–H and O–H groups in total. The highest BCUT2D eigenvalue weighted by molar-refractivity contribution is 9.10. The van der Waals surface area contributed by atoms with Crippen LogP contribution in [0.3, 0.4) is 0 Å². The van der Waals surface area contributed by atoms with E-state index in [4.69, 9.17) is 9.69 Å². The van der Waals surface area contributed by atoms with Gasteiger partial charge in [0.25, 0.3) is 0 Å². The van der Waals surface area contributed by atoms with Gasteiger partial charge in [0.05, 0.1) is 5.56 Å². The van der Waals surface area contributed by atoms with Crippen LogP contribution in [-0.4, -0.2) is 9.04 Å². The minimum Gasteiger partial charge on any atom is -0.545 e. The van der Waals surface area contributed by atoms with Crippen LogP contribution in [0.25, 0.3) is 0 Å². The van der Waals surface area contributed by atoms with E-state index in [2.05, 4.69) is 49.3 Å². The van der Waals surface area contributed by atoms with Gasteiger partial charge in [0, 0.05) is 4.47 Å². The van der Waals surface area contributed by atoms with Gasteiger partial charge in [-0.05, 0) is 29.8 Å². The molecule has 4 heteroatoms. The van der Waals surface area contributed by atoms with E-state index in [1.807, 2.05) is 12.1 Å². The molecule has 1 unspecified atom stereocenters. The summed E-state index contributed by atoms with van der Waals surface area (Å²) in [4.78, 5) is 0. The van der Waals surface area contributed by atoms with E-state index in [1.54, 1.807) is 6.07 Å². The zero-order chi connectivity index (χ0) is 12.3. The van der Waals surface area contributed by atoms with E-state index in [9.17, 15) is 0 Å². The molecule has 0 saturated heterocycles. The predicted octanol–water partition coefficient (Wildman–Crippen LogP) is 3.85. The Bertz CT molecular complexity index is 420. The quantitative estimate of drug-likeness (QED) is 0.777. The van der Waals surface area contributed by atoms with Gasteiger partial charge in [0.15, 0.2) is 0 Å². The molecule has 0 heterocycles. The molecule has 1 aromatic rings. The minimum atomic E-state index is -1.34. The molecule has 2 nitrogen and oxygen atoms in total. The van der Waals surface area contributed by atoms with Crippen LogP contribution in [0.4, 0.5) is 0 Å². The summed E-state index contributed by atoms with van der Waals surface area (Å²) in [5.41, 5.74) is 0.595. The lowest BCUT2D eigenvalue weighted by Gasteiger charge is -2.26. The Morgan fingerprint density at radius 3 is 2.50 bits per heavy atom. The standard InChI is InChI=1S/C12H16BrNOSi/c1-12(2,3)16(4)15-11-6-5-10(13)7-9(11)8-14/h5-7,16H,1-4H3. The van der Waals surface area contributed by atoms with Crippen LogP contribution in [0.1, 0.15) is 26.3 Å². The van der Waals surface area contributed by atoms with Crippen molar-refractivity contribution in [1.29, 1.82) is 5.26 Å². The molecule has 0 bridgehead atoms. The second-order valence-electron chi connectivity index (χ2n) is 4.88. The Morgan fingerprint density at radius 1 is 1.38 bits per heavy atom. The molecule has 86 valence electrons. The number of nitriles is 1. The van der Waals surface area contributed by atoms with Crippen LogP contribution >= 0.6 is 15.9 Å². The van der Waals surface area contributed by atoms with Gasteiger partial charge >= 0.3 is 0 Å². The van der Waals surface area contributed by atoms with E-state index in [0.717, 1.165) is 4.47 Å². The molecule has 0 aromatic heterocycles. The van der Waals surface area contributed by atoms with E-state index >= 15 is 0 Å². The zero-order valence-corrected chi connectivity index (χ0v) is 12.8. The van der Waals surface area contributed by atoms with Gasteiger partial charge in [-0.2, -0.15) is 5.26 Å². The first-order valence-electron chi connectivity index (χ1n) is 5.21. The summed E-state index contributed by atoms with van der Waals surface area (Å²) in [5, 5.41) is 9.22. The highest BCUT2D eigenvalue weighted by atomic mass is 79.9. The summed E-state index contributed by atoms with van der Waals surface area (Å²) < 4.78 is 6.86. The van der Waals surface area contributed by atoms with Crippen molar-refractivity contribution in [2.45, 2.75) is 32.4 Å². The molecule has 0 aliphatic rings. The molecule has 0 amide bonds. The van der Waals surface area contributed by atoms with Crippen LogP contribution in [-0.2, 0) is 0 Å². The molecule has 1 atom stereocenters. The van der Waals surface area contributed by atoms with Crippen molar-refractivity contribution in [3.05, 3.63) is 28.2 Å².